The van der Waals surface area contributed by atoms with E-state index >= 15 is 0 Å². The highest BCUT2D eigenvalue weighted by molar-refractivity contribution is 5.02. The molecule has 0 radical (unpaired) electrons. The lowest BCUT2D eigenvalue weighted by molar-refractivity contribution is 0.386. The Morgan fingerprint density at radius 2 is 2.31 bits per heavy atom. The molecule has 1 aromatic heterocycles. The second kappa shape index (κ2) is 5.66. The molecule has 0 aliphatic heterocycles. The van der Waals surface area contributed by atoms with Crippen LogP contribution in [-0.4, -0.2) is 11.7 Å². The maximum atomic E-state index is 8.84. The topological polar surface area (TPSA) is 61.9 Å². The minimum Gasteiger partial charge on any atom is -0.361 e. The zero-order valence-electron chi connectivity index (χ0n) is 10.2. The van der Waals surface area contributed by atoms with E-state index in [2.05, 4.69) is 16.5 Å². The van der Waals surface area contributed by atoms with Gasteiger partial charge in [0.05, 0.1) is 17.2 Å². The summed E-state index contributed by atoms with van der Waals surface area (Å²) in [6, 6.07) is 4.22. The summed E-state index contributed by atoms with van der Waals surface area (Å²) in [5.41, 5.74) is 0.712. The predicted octanol–water partition coefficient (Wildman–Crippen LogP) is 2.40. The van der Waals surface area contributed by atoms with E-state index in [9.17, 15) is 0 Å². The van der Waals surface area contributed by atoms with Crippen LogP contribution in [0.1, 0.15) is 38.1 Å². The molecule has 0 unspecified atom stereocenters. The molecule has 0 spiro atoms. The van der Waals surface area contributed by atoms with Gasteiger partial charge in [-0.1, -0.05) is 5.16 Å². The van der Waals surface area contributed by atoms with Gasteiger partial charge in [-0.15, -0.1) is 0 Å². The average Bonchev–Trinajstić information content (AvgIpc) is 2.64. The zero-order chi connectivity index (χ0) is 12.0. The molecule has 1 heterocycles. The van der Waals surface area contributed by atoms with Gasteiger partial charge in [-0.25, -0.2) is 0 Å². The fourth-order valence-corrected chi connectivity index (χ4v) is 1.43. The third-order valence-corrected chi connectivity index (χ3v) is 2.44. The van der Waals surface area contributed by atoms with E-state index in [1.165, 1.54) is 0 Å². The zero-order valence-corrected chi connectivity index (χ0v) is 10.2. The molecule has 4 nitrogen and oxygen atoms in total. The maximum Gasteiger partial charge on any atom is 0.133 e. The van der Waals surface area contributed by atoms with Gasteiger partial charge in [0.25, 0.3) is 0 Å². The number of aromatic nitrogens is 1. The van der Waals surface area contributed by atoms with Crippen molar-refractivity contribution in [2.75, 3.05) is 6.54 Å². The Bertz CT molecular complexity index is 363. The Hall–Kier alpha value is -1.34. The standard InChI is InChI=1S/C12H19N3O/c1-10-7-11(15-16-10)8-14-6-4-5-12(2,3)9-13/h7,14H,4-6,8H2,1-3H3. The van der Waals surface area contributed by atoms with Crippen LogP contribution in [0.25, 0.3) is 0 Å². The first-order valence-electron chi connectivity index (χ1n) is 5.58. The van der Waals surface area contributed by atoms with Crippen LogP contribution in [0, 0.1) is 23.7 Å². The molecule has 1 N–H and O–H groups in total. The third kappa shape index (κ3) is 4.45. The van der Waals surface area contributed by atoms with Gasteiger partial charge in [-0.05, 0) is 40.2 Å². The van der Waals surface area contributed by atoms with Gasteiger partial charge in [0.1, 0.15) is 5.76 Å². The Kier molecular flexibility index (Phi) is 4.51. The van der Waals surface area contributed by atoms with Crippen LogP contribution in [-0.2, 0) is 6.54 Å². The minimum atomic E-state index is -0.216. The second-order valence-corrected chi connectivity index (χ2v) is 4.70. The molecule has 0 fully saturated rings. The summed E-state index contributed by atoms with van der Waals surface area (Å²) in [5.74, 6) is 0.836. The summed E-state index contributed by atoms with van der Waals surface area (Å²) in [4.78, 5) is 0. The number of hydrogen-bond donors (Lipinski definition) is 1. The van der Waals surface area contributed by atoms with Crippen molar-refractivity contribution < 1.29 is 4.52 Å². The van der Waals surface area contributed by atoms with Crippen LogP contribution in [0.4, 0.5) is 0 Å². The lowest BCUT2D eigenvalue weighted by Gasteiger charge is -2.14. The van der Waals surface area contributed by atoms with Crippen molar-refractivity contribution in [3.8, 4) is 6.07 Å². The van der Waals surface area contributed by atoms with E-state index < -0.39 is 0 Å². The molecular weight excluding hydrogens is 202 g/mol. The Morgan fingerprint density at radius 1 is 1.56 bits per heavy atom. The van der Waals surface area contributed by atoms with Crippen LogP contribution in [0.15, 0.2) is 10.6 Å². The number of nitrogens with one attached hydrogen (secondary N) is 1. The molecule has 16 heavy (non-hydrogen) atoms. The second-order valence-electron chi connectivity index (χ2n) is 4.70. The highest BCUT2D eigenvalue weighted by Gasteiger charge is 2.15. The fraction of sp³-hybridized carbons (Fsp3) is 0.667. The van der Waals surface area contributed by atoms with Gasteiger partial charge >= 0.3 is 0 Å². The molecule has 1 rings (SSSR count). The molecule has 4 heteroatoms. The van der Waals surface area contributed by atoms with Crippen molar-refractivity contribution in [1.29, 1.82) is 5.26 Å². The third-order valence-electron chi connectivity index (χ3n) is 2.44. The number of rotatable bonds is 6. The Morgan fingerprint density at radius 3 is 2.88 bits per heavy atom. The molecule has 0 aliphatic rings. The summed E-state index contributed by atoms with van der Waals surface area (Å²) in [6.45, 7) is 7.44. The lowest BCUT2D eigenvalue weighted by Crippen LogP contribution is -2.17. The maximum absolute atomic E-state index is 8.84. The molecule has 0 aliphatic carbocycles. The highest BCUT2D eigenvalue weighted by atomic mass is 16.5. The van der Waals surface area contributed by atoms with E-state index in [1.54, 1.807) is 0 Å². The summed E-state index contributed by atoms with van der Waals surface area (Å²) in [5, 5.41) is 16.0. The summed E-state index contributed by atoms with van der Waals surface area (Å²) in [6.07, 6.45) is 1.91. The first kappa shape index (κ1) is 12.7. The van der Waals surface area contributed by atoms with Gasteiger partial charge in [-0.3, -0.25) is 0 Å². The van der Waals surface area contributed by atoms with Gasteiger partial charge in [-0.2, -0.15) is 5.26 Å². The van der Waals surface area contributed by atoms with Crippen molar-refractivity contribution in [3.05, 3.63) is 17.5 Å². The summed E-state index contributed by atoms with van der Waals surface area (Å²) < 4.78 is 4.96. The van der Waals surface area contributed by atoms with E-state index in [4.69, 9.17) is 9.78 Å². The highest BCUT2D eigenvalue weighted by Crippen LogP contribution is 2.19. The van der Waals surface area contributed by atoms with Gasteiger partial charge in [0.15, 0.2) is 0 Å². The Labute approximate surface area is 96.6 Å². The molecule has 0 aromatic carbocycles. The quantitative estimate of drug-likeness (QED) is 0.749. The first-order valence-corrected chi connectivity index (χ1v) is 5.58. The predicted molar refractivity (Wildman–Crippen MR) is 61.6 cm³/mol. The molecule has 0 amide bonds. The van der Waals surface area contributed by atoms with Gasteiger partial charge in [0, 0.05) is 12.6 Å². The van der Waals surface area contributed by atoms with Gasteiger partial charge in [0.2, 0.25) is 0 Å². The van der Waals surface area contributed by atoms with Crippen molar-refractivity contribution in [2.45, 2.75) is 40.2 Å². The fourth-order valence-electron chi connectivity index (χ4n) is 1.43. The summed E-state index contributed by atoms with van der Waals surface area (Å²) >= 11 is 0. The van der Waals surface area contributed by atoms with Crippen LogP contribution < -0.4 is 5.32 Å². The van der Waals surface area contributed by atoms with Crippen molar-refractivity contribution in [3.63, 3.8) is 0 Å². The van der Waals surface area contributed by atoms with Crippen molar-refractivity contribution >= 4 is 0 Å². The molecular formula is C12H19N3O. The van der Waals surface area contributed by atoms with E-state index in [0.29, 0.717) is 0 Å². The van der Waals surface area contributed by atoms with Crippen molar-refractivity contribution in [2.24, 2.45) is 5.41 Å². The van der Waals surface area contributed by atoms with Crippen LogP contribution in [0.5, 0.6) is 0 Å². The van der Waals surface area contributed by atoms with Crippen LogP contribution >= 0.6 is 0 Å². The molecule has 0 saturated carbocycles. The Balaban J connectivity index is 2.11. The smallest absolute Gasteiger partial charge is 0.133 e. The number of nitrogens with zero attached hydrogens (tertiary/aromatic N) is 2. The SMILES string of the molecule is Cc1cc(CNCCCC(C)(C)C#N)no1. The lowest BCUT2D eigenvalue weighted by atomic mass is 9.90. The average molecular weight is 221 g/mol. The van der Waals surface area contributed by atoms with E-state index in [-0.39, 0.29) is 5.41 Å². The molecule has 0 saturated heterocycles. The van der Waals surface area contributed by atoms with E-state index in [1.807, 2.05) is 26.8 Å². The molecule has 0 atom stereocenters. The summed E-state index contributed by atoms with van der Waals surface area (Å²) in [7, 11) is 0. The molecule has 88 valence electrons. The van der Waals surface area contributed by atoms with Gasteiger partial charge < -0.3 is 9.84 Å². The largest absolute Gasteiger partial charge is 0.361 e. The minimum absolute atomic E-state index is 0.216. The van der Waals surface area contributed by atoms with Crippen LogP contribution in [0.2, 0.25) is 0 Å². The monoisotopic (exact) mass is 221 g/mol. The first-order chi connectivity index (χ1) is 7.53. The number of nitriles is 1. The number of aryl methyl sites for hydroxylation is 1. The van der Waals surface area contributed by atoms with Crippen LogP contribution in [0.3, 0.4) is 0 Å². The normalized spacial score (nSPS) is 11.4. The molecule has 1 aromatic rings. The van der Waals surface area contributed by atoms with E-state index in [0.717, 1.165) is 37.4 Å². The van der Waals surface area contributed by atoms with Crippen molar-refractivity contribution in [1.82, 2.24) is 10.5 Å². The molecule has 0 bridgehead atoms. The number of hydrogen-bond acceptors (Lipinski definition) is 4.